The molecule has 124 valence electrons. The fourth-order valence-corrected chi connectivity index (χ4v) is 2.53. The smallest absolute Gasteiger partial charge is 0.311 e. The van der Waals surface area contributed by atoms with Crippen molar-refractivity contribution >= 4 is 5.97 Å². The Morgan fingerprint density at radius 3 is 2.48 bits per heavy atom. The van der Waals surface area contributed by atoms with Crippen molar-refractivity contribution in [2.75, 3.05) is 0 Å². The number of benzene rings is 1. The van der Waals surface area contributed by atoms with Crippen LogP contribution >= 0.6 is 0 Å². The monoisotopic (exact) mass is 314 g/mol. The lowest BCUT2D eigenvalue weighted by atomic mass is 9.86. The minimum absolute atomic E-state index is 0.0884. The molecule has 0 N–H and O–H groups in total. The Labute approximate surface area is 138 Å². The largest absolute Gasteiger partial charge is 0.426 e. The fourth-order valence-electron chi connectivity index (χ4n) is 2.53. The Morgan fingerprint density at radius 2 is 1.96 bits per heavy atom. The molecule has 1 aromatic heterocycles. The summed E-state index contributed by atoms with van der Waals surface area (Å²) in [5.74, 6) is 0.436. The van der Waals surface area contributed by atoms with Crippen molar-refractivity contribution in [2.24, 2.45) is 7.05 Å². The predicted molar refractivity (Wildman–Crippen MR) is 91.8 cm³/mol. The minimum Gasteiger partial charge on any atom is -0.426 e. The van der Waals surface area contributed by atoms with Crippen molar-refractivity contribution in [2.45, 2.75) is 52.9 Å². The van der Waals surface area contributed by atoms with Crippen molar-refractivity contribution in [3.05, 3.63) is 46.8 Å². The maximum absolute atomic E-state index is 12.1. The summed E-state index contributed by atoms with van der Waals surface area (Å²) < 4.78 is 7.28. The molecule has 2 rings (SSSR count). The van der Waals surface area contributed by atoms with E-state index in [4.69, 9.17) is 4.74 Å². The number of hydrogen-bond donors (Lipinski definition) is 0. The molecule has 1 heterocycles. The topological polar surface area (TPSA) is 44.1 Å². The lowest BCUT2D eigenvalue weighted by molar-refractivity contribution is -0.134. The molecule has 23 heavy (non-hydrogen) atoms. The average Bonchev–Trinajstić information content (AvgIpc) is 2.76. The Balaban J connectivity index is 1.99. The summed E-state index contributed by atoms with van der Waals surface area (Å²) >= 11 is 0. The third-order valence-electron chi connectivity index (χ3n) is 3.98. The van der Waals surface area contributed by atoms with Crippen LogP contribution in [0.3, 0.4) is 0 Å². The van der Waals surface area contributed by atoms with E-state index in [1.165, 1.54) is 5.56 Å². The number of ether oxygens (including phenoxy) is 1. The second-order valence-corrected chi connectivity index (χ2v) is 7.12. The zero-order valence-corrected chi connectivity index (χ0v) is 14.9. The lowest BCUT2D eigenvalue weighted by Gasteiger charge is -2.20. The molecule has 0 saturated heterocycles. The van der Waals surface area contributed by atoms with Crippen LogP contribution in [0.5, 0.6) is 5.75 Å². The van der Waals surface area contributed by atoms with E-state index in [1.54, 1.807) is 4.68 Å². The predicted octanol–water partition coefficient (Wildman–Crippen LogP) is 3.87. The van der Waals surface area contributed by atoms with Crippen LogP contribution in [0.1, 0.15) is 49.6 Å². The minimum atomic E-state index is -0.208. The molecule has 0 amide bonds. The number of esters is 1. The molecule has 0 radical (unpaired) electrons. The van der Waals surface area contributed by atoms with Gasteiger partial charge in [0.25, 0.3) is 0 Å². The lowest BCUT2D eigenvalue weighted by Crippen LogP contribution is -2.13. The summed E-state index contributed by atoms with van der Waals surface area (Å²) in [6, 6.07) is 6.01. The first-order valence-corrected chi connectivity index (χ1v) is 7.98. The van der Waals surface area contributed by atoms with Crippen LogP contribution in [-0.2, 0) is 23.7 Å². The first kappa shape index (κ1) is 17.3. The van der Waals surface area contributed by atoms with Gasteiger partial charge in [-0.25, -0.2) is 0 Å². The van der Waals surface area contributed by atoms with Gasteiger partial charge in [0.15, 0.2) is 0 Å². The van der Waals surface area contributed by atoms with Gasteiger partial charge in [-0.3, -0.25) is 9.48 Å². The van der Waals surface area contributed by atoms with Gasteiger partial charge in [0.05, 0.1) is 12.1 Å². The number of aryl methyl sites for hydroxylation is 4. The van der Waals surface area contributed by atoms with Gasteiger partial charge in [0.2, 0.25) is 0 Å². The van der Waals surface area contributed by atoms with Gasteiger partial charge in [-0.15, -0.1) is 0 Å². The molecule has 0 saturated carbocycles. The van der Waals surface area contributed by atoms with Crippen LogP contribution in [0.2, 0.25) is 0 Å². The van der Waals surface area contributed by atoms with Crippen LogP contribution in [0.25, 0.3) is 0 Å². The van der Waals surface area contributed by atoms with Gasteiger partial charge in [-0.1, -0.05) is 32.9 Å². The molecule has 2 aromatic rings. The first-order valence-electron chi connectivity index (χ1n) is 7.98. The molecule has 0 fully saturated rings. The first-order chi connectivity index (χ1) is 10.7. The molecular formula is C19H26N2O2. The molecule has 4 heteroatoms. The molecule has 0 bridgehead atoms. The number of nitrogens with zero attached hydrogens (tertiary/aromatic N) is 2. The van der Waals surface area contributed by atoms with Gasteiger partial charge in [0.1, 0.15) is 5.75 Å². The van der Waals surface area contributed by atoms with Gasteiger partial charge in [-0.05, 0) is 48.4 Å². The van der Waals surface area contributed by atoms with E-state index in [0.717, 1.165) is 16.8 Å². The van der Waals surface area contributed by atoms with E-state index >= 15 is 0 Å². The van der Waals surface area contributed by atoms with Gasteiger partial charge in [-0.2, -0.15) is 5.10 Å². The van der Waals surface area contributed by atoms with Crippen LogP contribution in [0.15, 0.2) is 24.4 Å². The molecule has 0 unspecified atom stereocenters. The third kappa shape index (κ3) is 4.44. The van der Waals surface area contributed by atoms with Gasteiger partial charge in [0, 0.05) is 13.2 Å². The Bertz CT molecular complexity index is 709. The molecule has 0 aliphatic carbocycles. The van der Waals surface area contributed by atoms with Crippen molar-refractivity contribution < 1.29 is 9.53 Å². The van der Waals surface area contributed by atoms with E-state index in [0.29, 0.717) is 18.6 Å². The second kappa shape index (κ2) is 6.57. The zero-order chi connectivity index (χ0) is 17.2. The Morgan fingerprint density at radius 1 is 1.26 bits per heavy atom. The van der Waals surface area contributed by atoms with Crippen molar-refractivity contribution in [1.29, 1.82) is 0 Å². The maximum atomic E-state index is 12.1. The molecular weight excluding hydrogens is 288 g/mol. The highest BCUT2D eigenvalue weighted by molar-refractivity contribution is 5.73. The van der Waals surface area contributed by atoms with Crippen molar-refractivity contribution in [3.8, 4) is 5.75 Å². The number of rotatable bonds is 4. The van der Waals surface area contributed by atoms with Gasteiger partial charge < -0.3 is 4.74 Å². The van der Waals surface area contributed by atoms with Crippen LogP contribution < -0.4 is 4.74 Å². The Kier molecular flexibility index (Phi) is 4.93. The van der Waals surface area contributed by atoms with Crippen molar-refractivity contribution in [1.82, 2.24) is 9.78 Å². The molecule has 0 atom stereocenters. The summed E-state index contributed by atoms with van der Waals surface area (Å²) in [6.07, 6.45) is 2.95. The maximum Gasteiger partial charge on any atom is 0.311 e. The standard InChI is InChI=1S/C19H26N2O2/c1-13-11-16(19(3,4)5)8-9-17(13)23-18(22)10-7-15-12-21(6)20-14(15)2/h8-9,11-12H,7,10H2,1-6H3. The number of aromatic nitrogens is 2. The molecule has 1 aromatic carbocycles. The van der Waals surface area contributed by atoms with E-state index in [-0.39, 0.29) is 11.4 Å². The highest BCUT2D eigenvalue weighted by Crippen LogP contribution is 2.27. The Hall–Kier alpha value is -2.10. The van der Waals surface area contributed by atoms with E-state index in [9.17, 15) is 4.79 Å². The quantitative estimate of drug-likeness (QED) is 0.635. The highest BCUT2D eigenvalue weighted by Gasteiger charge is 2.16. The van der Waals surface area contributed by atoms with Crippen LogP contribution in [0.4, 0.5) is 0 Å². The summed E-state index contributed by atoms with van der Waals surface area (Å²) in [6.45, 7) is 10.4. The summed E-state index contributed by atoms with van der Waals surface area (Å²) in [4.78, 5) is 12.1. The van der Waals surface area contributed by atoms with E-state index < -0.39 is 0 Å². The highest BCUT2D eigenvalue weighted by atomic mass is 16.5. The zero-order valence-electron chi connectivity index (χ0n) is 14.9. The molecule has 0 spiro atoms. The molecule has 4 nitrogen and oxygen atoms in total. The number of carbonyl (C=O) groups is 1. The van der Waals surface area contributed by atoms with E-state index in [2.05, 4.69) is 31.9 Å². The second-order valence-electron chi connectivity index (χ2n) is 7.12. The summed E-state index contributed by atoms with van der Waals surface area (Å²) in [5.41, 5.74) is 4.37. The summed E-state index contributed by atoms with van der Waals surface area (Å²) in [7, 11) is 1.88. The summed E-state index contributed by atoms with van der Waals surface area (Å²) in [5, 5.41) is 4.28. The number of carbonyl (C=O) groups excluding carboxylic acids is 1. The normalized spacial score (nSPS) is 11.6. The third-order valence-corrected chi connectivity index (χ3v) is 3.98. The van der Waals surface area contributed by atoms with Crippen molar-refractivity contribution in [3.63, 3.8) is 0 Å². The molecule has 0 aliphatic rings. The fraction of sp³-hybridized carbons (Fsp3) is 0.474. The van der Waals surface area contributed by atoms with Gasteiger partial charge >= 0.3 is 5.97 Å². The van der Waals surface area contributed by atoms with Crippen LogP contribution in [-0.4, -0.2) is 15.7 Å². The molecule has 0 aliphatic heterocycles. The number of hydrogen-bond acceptors (Lipinski definition) is 3. The average molecular weight is 314 g/mol. The van der Waals surface area contributed by atoms with Crippen LogP contribution in [0, 0.1) is 13.8 Å². The van der Waals surface area contributed by atoms with E-state index in [1.807, 2.05) is 39.2 Å². The SMILES string of the molecule is Cc1cc(C(C)(C)C)ccc1OC(=O)CCc1cn(C)nc1C.